The molecule has 0 fully saturated rings. The molecule has 4 aromatic carbocycles. The molecular weight excluding hydrogens is 454 g/mol. The van der Waals surface area contributed by atoms with Gasteiger partial charge in [-0.1, -0.05) is 115 Å². The van der Waals surface area contributed by atoms with Crippen molar-refractivity contribution in [3.8, 4) is 0 Å². The van der Waals surface area contributed by atoms with E-state index < -0.39 is 0 Å². The Morgan fingerprint density at radius 3 is 1.81 bits per heavy atom. The van der Waals surface area contributed by atoms with Crippen molar-refractivity contribution in [3.05, 3.63) is 142 Å². The Hall–Kier alpha value is -3.49. The highest BCUT2D eigenvalue weighted by Gasteiger charge is 2.47. The van der Waals surface area contributed by atoms with Gasteiger partial charge in [-0.15, -0.1) is 0 Å². The van der Waals surface area contributed by atoms with Gasteiger partial charge in [-0.2, -0.15) is 0 Å². The summed E-state index contributed by atoms with van der Waals surface area (Å²) in [4.78, 5) is 3.25. The van der Waals surface area contributed by atoms with Crippen LogP contribution >= 0.6 is 12.2 Å². The molecule has 0 radical (unpaired) electrons. The van der Waals surface area contributed by atoms with Crippen LogP contribution < -0.4 is 0 Å². The van der Waals surface area contributed by atoms with Crippen LogP contribution in [0.15, 0.2) is 103 Å². The molecule has 4 bridgehead atoms. The molecule has 36 heavy (non-hydrogen) atoms. The largest absolute Gasteiger partial charge is 0.352 e. The highest BCUT2D eigenvalue weighted by Crippen LogP contribution is 2.52. The normalized spacial score (nSPS) is 19.5. The van der Waals surface area contributed by atoms with E-state index in [1.165, 1.54) is 50.1 Å². The van der Waals surface area contributed by atoms with Gasteiger partial charge in [0.1, 0.15) is 4.99 Å². The Bertz CT molecular complexity index is 1450. The molecule has 0 aromatic heterocycles. The molecule has 0 N–H and O–H groups in total. The lowest BCUT2D eigenvalue weighted by atomic mass is 9.76. The van der Waals surface area contributed by atoms with Crippen molar-refractivity contribution < 1.29 is 0 Å². The fourth-order valence-electron chi connectivity index (χ4n) is 6.00. The van der Waals surface area contributed by atoms with E-state index in [2.05, 4.69) is 122 Å². The zero-order valence-corrected chi connectivity index (χ0v) is 21.8. The van der Waals surface area contributed by atoms with Crippen LogP contribution in [-0.2, 0) is 31.2 Å². The predicted octanol–water partition coefficient (Wildman–Crippen LogP) is 7.67. The maximum absolute atomic E-state index is 6.20. The Labute approximate surface area is 220 Å². The Balaban J connectivity index is 1.59. The van der Waals surface area contributed by atoms with Gasteiger partial charge in [-0.25, -0.2) is 0 Å². The molecule has 178 valence electrons. The Morgan fingerprint density at radius 1 is 0.639 bits per heavy atom. The van der Waals surface area contributed by atoms with E-state index in [1.54, 1.807) is 0 Å². The maximum atomic E-state index is 6.20. The first-order valence-corrected chi connectivity index (χ1v) is 13.3. The summed E-state index contributed by atoms with van der Waals surface area (Å²) in [6.45, 7) is 2.37. The van der Waals surface area contributed by atoms with Crippen molar-refractivity contribution in [1.29, 1.82) is 0 Å². The van der Waals surface area contributed by atoms with Gasteiger partial charge in [-0.3, -0.25) is 0 Å². The van der Waals surface area contributed by atoms with Crippen LogP contribution in [0.1, 0.15) is 45.9 Å². The molecule has 1 aliphatic heterocycles. The Kier molecular flexibility index (Phi) is 5.85. The quantitative estimate of drug-likeness (QED) is 0.274. The molecule has 0 amide bonds. The van der Waals surface area contributed by atoms with Crippen molar-refractivity contribution in [3.63, 3.8) is 0 Å². The van der Waals surface area contributed by atoms with E-state index in [4.69, 9.17) is 12.2 Å². The van der Waals surface area contributed by atoms with Gasteiger partial charge in [-0.05, 0) is 77.1 Å². The molecule has 0 spiro atoms. The lowest BCUT2D eigenvalue weighted by Crippen LogP contribution is -2.40. The van der Waals surface area contributed by atoms with Crippen molar-refractivity contribution >= 4 is 28.4 Å². The maximum Gasteiger partial charge on any atom is 0.110 e. The minimum Gasteiger partial charge on any atom is -0.352 e. The molecule has 4 aromatic rings. The van der Waals surface area contributed by atoms with Crippen LogP contribution in [0.4, 0.5) is 0 Å². The zero-order valence-electron chi connectivity index (χ0n) is 21.0. The summed E-state index contributed by atoms with van der Waals surface area (Å²) in [5.74, 6) is 0. The SMILES string of the molecule is CN1C(=S)C(c2ccccc2)=C(c2ccccc2)C1(C)c1cc2ccc1CCc1ccc(cc1)CC2. The molecule has 1 atom stereocenters. The summed E-state index contributed by atoms with van der Waals surface area (Å²) in [5.41, 5.74) is 11.5. The average molecular weight is 486 g/mol. The number of rotatable bonds is 3. The van der Waals surface area contributed by atoms with Gasteiger partial charge in [0.15, 0.2) is 0 Å². The number of likely N-dealkylation sites (N-methyl/N-ethyl adjacent to an activating group) is 1. The van der Waals surface area contributed by atoms with Crippen molar-refractivity contribution in [2.45, 2.75) is 38.1 Å². The van der Waals surface area contributed by atoms with Gasteiger partial charge in [0.25, 0.3) is 0 Å². The second-order valence-electron chi connectivity index (χ2n) is 10.2. The minimum absolute atomic E-state index is 0.373. The number of aryl methyl sites for hydroxylation is 4. The zero-order chi connectivity index (χ0) is 24.7. The topological polar surface area (TPSA) is 3.24 Å². The summed E-state index contributed by atoms with van der Waals surface area (Å²) >= 11 is 6.20. The van der Waals surface area contributed by atoms with Gasteiger partial charge in [0.05, 0.1) is 5.54 Å². The average Bonchev–Trinajstić information content (AvgIpc) is 3.13. The van der Waals surface area contributed by atoms with Crippen molar-refractivity contribution in [2.75, 3.05) is 7.05 Å². The van der Waals surface area contributed by atoms with Crippen molar-refractivity contribution in [1.82, 2.24) is 4.90 Å². The number of thiocarbonyl (C=S) groups is 1. The van der Waals surface area contributed by atoms with E-state index in [1.807, 2.05) is 0 Å². The van der Waals surface area contributed by atoms with Crippen LogP contribution in [0.25, 0.3) is 11.1 Å². The summed E-state index contributed by atoms with van der Waals surface area (Å²) in [6, 6.07) is 37.9. The molecule has 9 rings (SSSR count). The van der Waals surface area contributed by atoms with Gasteiger partial charge < -0.3 is 4.90 Å². The van der Waals surface area contributed by atoms with Crippen LogP contribution in [0.3, 0.4) is 0 Å². The molecule has 0 saturated carbocycles. The second-order valence-corrected chi connectivity index (χ2v) is 10.6. The standard InChI is InChI=1S/C34H31NS/c1-34(30-23-26-18-17-24-13-15-25(16-14-24)19-21-27(30)22-20-26)32(29-11-7-4-8-12-29)31(33(36)35(34)2)28-9-5-3-6-10-28/h3-16,20,22-23H,17-19,21H2,1-2H3. The molecule has 1 nitrogen and oxygen atoms in total. The van der Waals surface area contributed by atoms with E-state index in [9.17, 15) is 0 Å². The lowest BCUT2D eigenvalue weighted by Gasteiger charge is -2.39. The molecule has 1 unspecified atom stereocenters. The molecule has 5 aliphatic rings. The van der Waals surface area contributed by atoms with E-state index in [0.29, 0.717) is 0 Å². The third-order valence-corrected chi connectivity index (χ3v) is 8.64. The smallest absolute Gasteiger partial charge is 0.110 e. The monoisotopic (exact) mass is 485 g/mol. The van der Waals surface area contributed by atoms with Crippen LogP contribution in [-0.4, -0.2) is 16.9 Å². The first-order valence-electron chi connectivity index (χ1n) is 12.9. The van der Waals surface area contributed by atoms with E-state index in [-0.39, 0.29) is 5.54 Å². The van der Waals surface area contributed by atoms with Gasteiger partial charge >= 0.3 is 0 Å². The van der Waals surface area contributed by atoms with E-state index >= 15 is 0 Å². The second kappa shape index (κ2) is 9.19. The fourth-order valence-corrected chi connectivity index (χ4v) is 6.40. The number of hydrogen-bond donors (Lipinski definition) is 0. The van der Waals surface area contributed by atoms with Gasteiger partial charge in [0.2, 0.25) is 0 Å². The fraction of sp³-hybridized carbons (Fsp3) is 0.206. The first kappa shape index (κ1) is 22.9. The van der Waals surface area contributed by atoms with Crippen LogP contribution in [0, 0.1) is 0 Å². The molecule has 1 heterocycles. The van der Waals surface area contributed by atoms with Gasteiger partial charge in [0, 0.05) is 12.6 Å². The van der Waals surface area contributed by atoms with Crippen molar-refractivity contribution in [2.24, 2.45) is 0 Å². The first-order chi connectivity index (χ1) is 17.6. The summed E-state index contributed by atoms with van der Waals surface area (Å²) in [5, 5.41) is 0. The molecule has 4 aliphatic carbocycles. The predicted molar refractivity (Wildman–Crippen MR) is 155 cm³/mol. The summed E-state index contributed by atoms with van der Waals surface area (Å²) < 4.78 is 0. The van der Waals surface area contributed by atoms with Crippen LogP contribution in [0.5, 0.6) is 0 Å². The highest BCUT2D eigenvalue weighted by atomic mass is 32.1. The minimum atomic E-state index is -0.373. The molecular formula is C34H31NS. The number of benzene rings is 4. The molecule has 2 heteroatoms. The molecule has 0 saturated heterocycles. The summed E-state index contributed by atoms with van der Waals surface area (Å²) in [6.07, 6.45) is 4.13. The highest BCUT2D eigenvalue weighted by molar-refractivity contribution is 7.81. The van der Waals surface area contributed by atoms with Crippen LogP contribution in [0.2, 0.25) is 0 Å². The number of nitrogens with zero attached hydrogens (tertiary/aromatic N) is 1. The third-order valence-electron chi connectivity index (χ3n) is 8.16. The summed E-state index contributed by atoms with van der Waals surface area (Å²) in [7, 11) is 2.18. The Morgan fingerprint density at radius 2 is 1.17 bits per heavy atom. The lowest BCUT2D eigenvalue weighted by molar-refractivity contribution is 0.328. The third kappa shape index (κ3) is 3.81. The number of hydrogen-bond acceptors (Lipinski definition) is 1. The van der Waals surface area contributed by atoms with E-state index in [0.717, 1.165) is 30.7 Å².